The summed E-state index contributed by atoms with van der Waals surface area (Å²) in [7, 11) is 0. The Hall–Kier alpha value is -1.30. The molecular weight excluding hydrogens is 168 g/mol. The molecule has 0 saturated heterocycles. The highest BCUT2D eigenvalue weighted by molar-refractivity contribution is 5.28. The first-order chi connectivity index (χ1) is 6.65. The van der Waals surface area contributed by atoms with E-state index in [0.29, 0.717) is 5.92 Å². The molecule has 0 amide bonds. The standard InChI is InChI=1S/C14H20/c1-6-9-14(8-3)13(5)11-10-12(4)7-2/h6-8,10-11,14H,1,3,5,9H2,2,4H3/b11-10-,12-7-. The Balaban J connectivity index is 4.37. The van der Waals surface area contributed by atoms with Crippen LogP contribution in [0.1, 0.15) is 20.3 Å². The fraction of sp³-hybridized carbons (Fsp3) is 0.286. The van der Waals surface area contributed by atoms with Gasteiger partial charge in [-0.1, -0.05) is 42.5 Å². The van der Waals surface area contributed by atoms with E-state index >= 15 is 0 Å². The first-order valence-electron chi connectivity index (χ1n) is 4.89. The maximum Gasteiger partial charge on any atom is 0.00438 e. The molecule has 14 heavy (non-hydrogen) atoms. The molecule has 0 aromatic carbocycles. The third-order valence-electron chi connectivity index (χ3n) is 2.20. The van der Waals surface area contributed by atoms with Crippen LogP contribution < -0.4 is 0 Å². The van der Waals surface area contributed by atoms with Crippen LogP contribution in [-0.4, -0.2) is 0 Å². The Morgan fingerprint density at radius 3 is 2.36 bits per heavy atom. The van der Waals surface area contributed by atoms with E-state index in [1.54, 1.807) is 0 Å². The van der Waals surface area contributed by atoms with Crippen molar-refractivity contribution in [3.05, 3.63) is 61.3 Å². The van der Waals surface area contributed by atoms with Crippen molar-refractivity contribution in [2.24, 2.45) is 5.92 Å². The van der Waals surface area contributed by atoms with E-state index in [4.69, 9.17) is 0 Å². The molecule has 1 atom stereocenters. The van der Waals surface area contributed by atoms with E-state index in [0.717, 1.165) is 12.0 Å². The summed E-state index contributed by atoms with van der Waals surface area (Å²) in [6.07, 6.45) is 10.9. The molecular formula is C14H20. The van der Waals surface area contributed by atoms with Crippen molar-refractivity contribution < 1.29 is 0 Å². The molecule has 0 fully saturated rings. The number of hydrogen-bond donors (Lipinski definition) is 0. The van der Waals surface area contributed by atoms with Crippen LogP contribution in [0.4, 0.5) is 0 Å². The first-order valence-corrected chi connectivity index (χ1v) is 4.89. The van der Waals surface area contributed by atoms with Gasteiger partial charge in [-0.2, -0.15) is 0 Å². The minimum Gasteiger partial charge on any atom is -0.103 e. The van der Waals surface area contributed by atoms with E-state index in [2.05, 4.69) is 38.8 Å². The van der Waals surface area contributed by atoms with Gasteiger partial charge in [-0.25, -0.2) is 0 Å². The minimum atomic E-state index is 0.313. The number of rotatable bonds is 6. The molecule has 0 saturated carbocycles. The minimum absolute atomic E-state index is 0.313. The maximum absolute atomic E-state index is 4.02. The molecule has 0 N–H and O–H groups in total. The monoisotopic (exact) mass is 188 g/mol. The molecule has 0 aliphatic rings. The molecule has 0 bridgehead atoms. The van der Waals surface area contributed by atoms with Gasteiger partial charge in [0.2, 0.25) is 0 Å². The smallest absolute Gasteiger partial charge is 0.00438 e. The zero-order chi connectivity index (χ0) is 11.0. The van der Waals surface area contributed by atoms with Gasteiger partial charge in [-0.3, -0.25) is 0 Å². The lowest BCUT2D eigenvalue weighted by Crippen LogP contribution is -1.95. The molecule has 0 radical (unpaired) electrons. The molecule has 0 aliphatic carbocycles. The van der Waals surface area contributed by atoms with Crippen molar-refractivity contribution in [2.45, 2.75) is 20.3 Å². The van der Waals surface area contributed by atoms with Gasteiger partial charge < -0.3 is 0 Å². The Bertz CT molecular complexity index is 264. The van der Waals surface area contributed by atoms with E-state index in [9.17, 15) is 0 Å². The van der Waals surface area contributed by atoms with Crippen molar-refractivity contribution in [1.29, 1.82) is 0 Å². The zero-order valence-corrected chi connectivity index (χ0v) is 9.29. The Morgan fingerprint density at radius 1 is 1.29 bits per heavy atom. The van der Waals surface area contributed by atoms with Crippen LogP contribution in [0.5, 0.6) is 0 Å². The Kier molecular flexibility index (Phi) is 6.47. The summed E-state index contributed by atoms with van der Waals surface area (Å²) in [4.78, 5) is 0. The van der Waals surface area contributed by atoms with Crippen LogP contribution >= 0.6 is 0 Å². The maximum atomic E-state index is 4.02. The van der Waals surface area contributed by atoms with E-state index in [1.807, 2.05) is 25.2 Å². The second kappa shape index (κ2) is 7.14. The van der Waals surface area contributed by atoms with Crippen LogP contribution in [0.2, 0.25) is 0 Å². The molecule has 1 unspecified atom stereocenters. The summed E-state index contributed by atoms with van der Waals surface area (Å²) < 4.78 is 0. The van der Waals surface area contributed by atoms with Crippen molar-refractivity contribution >= 4 is 0 Å². The Labute approximate surface area is 88.0 Å². The number of hydrogen-bond acceptors (Lipinski definition) is 0. The summed E-state index contributed by atoms with van der Waals surface area (Å²) >= 11 is 0. The van der Waals surface area contributed by atoms with Gasteiger partial charge in [0.25, 0.3) is 0 Å². The van der Waals surface area contributed by atoms with Gasteiger partial charge in [0.1, 0.15) is 0 Å². The largest absolute Gasteiger partial charge is 0.103 e. The van der Waals surface area contributed by atoms with Crippen molar-refractivity contribution in [2.75, 3.05) is 0 Å². The van der Waals surface area contributed by atoms with Crippen molar-refractivity contribution in [3.63, 3.8) is 0 Å². The van der Waals surface area contributed by atoms with Crippen LogP contribution in [-0.2, 0) is 0 Å². The van der Waals surface area contributed by atoms with Gasteiger partial charge in [-0.15, -0.1) is 13.2 Å². The van der Waals surface area contributed by atoms with Gasteiger partial charge in [0.05, 0.1) is 0 Å². The fourth-order valence-corrected chi connectivity index (χ4v) is 1.04. The second-order valence-electron chi connectivity index (χ2n) is 3.31. The number of allylic oxidation sites excluding steroid dienone is 7. The van der Waals surface area contributed by atoms with Crippen molar-refractivity contribution in [1.82, 2.24) is 0 Å². The topological polar surface area (TPSA) is 0 Å². The van der Waals surface area contributed by atoms with Crippen molar-refractivity contribution in [3.8, 4) is 0 Å². The van der Waals surface area contributed by atoms with Gasteiger partial charge in [-0.05, 0) is 25.8 Å². The van der Waals surface area contributed by atoms with E-state index in [1.165, 1.54) is 5.57 Å². The second-order valence-corrected chi connectivity index (χ2v) is 3.31. The Morgan fingerprint density at radius 2 is 1.93 bits per heavy atom. The van der Waals surface area contributed by atoms with Crippen LogP contribution in [0.15, 0.2) is 61.3 Å². The summed E-state index contributed by atoms with van der Waals surface area (Å²) in [6, 6.07) is 0. The van der Waals surface area contributed by atoms with E-state index in [-0.39, 0.29) is 0 Å². The zero-order valence-electron chi connectivity index (χ0n) is 9.29. The molecule has 0 rings (SSSR count). The molecule has 0 aliphatic heterocycles. The summed E-state index contributed by atoms with van der Waals surface area (Å²) in [5, 5.41) is 0. The first kappa shape index (κ1) is 12.7. The molecule has 0 spiro atoms. The third kappa shape index (κ3) is 4.66. The molecule has 0 aromatic rings. The summed E-state index contributed by atoms with van der Waals surface area (Å²) in [6.45, 7) is 15.6. The van der Waals surface area contributed by atoms with Gasteiger partial charge >= 0.3 is 0 Å². The fourth-order valence-electron chi connectivity index (χ4n) is 1.04. The molecule has 0 nitrogen and oxygen atoms in total. The molecule has 0 heteroatoms. The van der Waals surface area contributed by atoms with Gasteiger partial charge in [0.15, 0.2) is 0 Å². The highest BCUT2D eigenvalue weighted by Crippen LogP contribution is 2.16. The van der Waals surface area contributed by atoms with E-state index < -0.39 is 0 Å². The predicted octanol–water partition coefficient (Wildman–Crippen LogP) is 4.44. The highest BCUT2D eigenvalue weighted by Gasteiger charge is 2.02. The molecule has 76 valence electrons. The lowest BCUT2D eigenvalue weighted by Gasteiger charge is -2.09. The predicted molar refractivity (Wildman–Crippen MR) is 66.2 cm³/mol. The van der Waals surface area contributed by atoms with Gasteiger partial charge in [0, 0.05) is 5.92 Å². The average molecular weight is 188 g/mol. The lowest BCUT2D eigenvalue weighted by molar-refractivity contribution is 0.802. The highest BCUT2D eigenvalue weighted by atomic mass is 14.1. The molecule has 0 heterocycles. The molecule has 0 aromatic heterocycles. The normalized spacial score (nSPS) is 14.0. The third-order valence-corrected chi connectivity index (χ3v) is 2.20. The summed E-state index contributed by atoms with van der Waals surface area (Å²) in [5.41, 5.74) is 2.33. The quantitative estimate of drug-likeness (QED) is 0.427. The lowest BCUT2D eigenvalue weighted by atomic mass is 9.96. The van der Waals surface area contributed by atoms with Crippen LogP contribution in [0.3, 0.4) is 0 Å². The average Bonchev–Trinajstić information content (AvgIpc) is 2.21. The summed E-state index contributed by atoms with van der Waals surface area (Å²) in [5.74, 6) is 0.313. The van der Waals surface area contributed by atoms with Crippen LogP contribution in [0.25, 0.3) is 0 Å². The van der Waals surface area contributed by atoms with Crippen LogP contribution in [0, 0.1) is 5.92 Å². The SMILES string of the molecule is C=CCC(C=C)C(=C)/C=C\C(C)=C/C.